The van der Waals surface area contributed by atoms with Crippen molar-refractivity contribution < 1.29 is 4.79 Å². The number of hydrogen-bond donors (Lipinski definition) is 1. The van der Waals surface area contributed by atoms with E-state index in [-0.39, 0.29) is 17.4 Å². The second-order valence-corrected chi connectivity index (χ2v) is 6.91. The number of amides is 1. The Labute approximate surface area is 145 Å². The first-order valence-corrected chi connectivity index (χ1v) is 8.98. The molecule has 25 heavy (non-hydrogen) atoms. The van der Waals surface area contributed by atoms with E-state index in [1.54, 1.807) is 4.90 Å². The van der Waals surface area contributed by atoms with Gasteiger partial charge in [-0.1, -0.05) is 6.42 Å². The third-order valence-electron chi connectivity index (χ3n) is 5.26. The minimum atomic E-state index is -0.371. The Morgan fingerprint density at radius 3 is 2.64 bits per heavy atom. The van der Waals surface area contributed by atoms with Gasteiger partial charge in [0.2, 0.25) is 5.82 Å². The molecule has 0 spiro atoms. The van der Waals surface area contributed by atoms with Gasteiger partial charge in [-0.2, -0.15) is 0 Å². The molecule has 0 saturated carbocycles. The summed E-state index contributed by atoms with van der Waals surface area (Å²) in [5.74, 6) is 2.43. The van der Waals surface area contributed by atoms with Gasteiger partial charge in [0.1, 0.15) is 11.6 Å². The minimum absolute atomic E-state index is 0.113. The lowest BCUT2D eigenvalue weighted by atomic mass is 9.95. The van der Waals surface area contributed by atoms with E-state index in [9.17, 15) is 9.59 Å². The molecule has 9 heteroatoms. The van der Waals surface area contributed by atoms with Crippen LogP contribution in [0.3, 0.4) is 0 Å². The molecule has 134 valence electrons. The van der Waals surface area contributed by atoms with Crippen LogP contribution in [0.5, 0.6) is 0 Å². The Morgan fingerprint density at radius 2 is 1.92 bits per heavy atom. The molecule has 0 atom stereocenters. The van der Waals surface area contributed by atoms with Crippen LogP contribution >= 0.6 is 0 Å². The molecule has 0 radical (unpaired) electrons. The molecule has 2 aromatic rings. The van der Waals surface area contributed by atoms with Crippen molar-refractivity contribution in [3.63, 3.8) is 0 Å². The van der Waals surface area contributed by atoms with E-state index < -0.39 is 0 Å². The number of hydrogen-bond acceptors (Lipinski definition) is 5. The van der Waals surface area contributed by atoms with Gasteiger partial charge in [-0.25, -0.2) is 9.48 Å². The zero-order valence-corrected chi connectivity index (χ0v) is 14.4. The van der Waals surface area contributed by atoms with Crippen LogP contribution in [-0.2, 0) is 20.0 Å². The van der Waals surface area contributed by atoms with Crippen molar-refractivity contribution in [1.29, 1.82) is 0 Å². The van der Waals surface area contributed by atoms with E-state index in [1.807, 2.05) is 0 Å². The standard InChI is InChI=1S/C16H23N7O2/c1-21-16(25)17-13(20-21)15(24)22-9-6-11(7-10-22)14-19-18-12-5-3-2-4-8-23(12)14/h11H,2-10H2,1H3,(H,17,20,25). The van der Waals surface area contributed by atoms with Crippen LogP contribution in [0.2, 0.25) is 0 Å². The average Bonchev–Trinajstić information content (AvgIpc) is 3.09. The SMILES string of the molecule is Cn1nc(C(=O)N2CCC(c3nnc4n3CCCCC4)CC2)[nH]c1=O. The van der Waals surface area contributed by atoms with Crippen LogP contribution in [0.1, 0.15) is 60.3 Å². The van der Waals surface area contributed by atoms with E-state index in [2.05, 4.69) is 24.8 Å². The number of fused-ring (bicyclic) bond motifs is 1. The van der Waals surface area contributed by atoms with Crippen molar-refractivity contribution in [2.45, 2.75) is 51.0 Å². The molecular formula is C16H23N7O2. The van der Waals surface area contributed by atoms with E-state index in [4.69, 9.17) is 0 Å². The highest BCUT2D eigenvalue weighted by Gasteiger charge is 2.30. The number of rotatable bonds is 2. The first-order valence-electron chi connectivity index (χ1n) is 8.98. The molecule has 0 aromatic carbocycles. The zero-order chi connectivity index (χ0) is 17.4. The molecule has 1 saturated heterocycles. The van der Waals surface area contributed by atoms with Gasteiger partial charge in [0, 0.05) is 39.0 Å². The normalized spacial score (nSPS) is 18.8. The summed E-state index contributed by atoms with van der Waals surface area (Å²) < 4.78 is 3.44. The summed E-state index contributed by atoms with van der Waals surface area (Å²) in [5.41, 5.74) is -0.371. The highest BCUT2D eigenvalue weighted by atomic mass is 16.2. The molecule has 4 rings (SSSR count). The van der Waals surface area contributed by atoms with Crippen LogP contribution < -0.4 is 5.69 Å². The fraction of sp³-hybridized carbons (Fsp3) is 0.688. The first-order chi connectivity index (χ1) is 12.1. The second kappa shape index (κ2) is 6.45. The lowest BCUT2D eigenvalue weighted by Crippen LogP contribution is -2.39. The number of likely N-dealkylation sites (tertiary alicyclic amines) is 1. The van der Waals surface area contributed by atoms with Gasteiger partial charge in [0.25, 0.3) is 5.91 Å². The predicted octanol–water partition coefficient (Wildman–Crippen LogP) is 0.446. The molecule has 2 aliphatic rings. The number of nitrogens with one attached hydrogen (secondary N) is 1. The Balaban J connectivity index is 1.44. The molecular weight excluding hydrogens is 322 g/mol. The molecule has 9 nitrogen and oxygen atoms in total. The number of aryl methyl sites for hydroxylation is 2. The second-order valence-electron chi connectivity index (χ2n) is 6.91. The Morgan fingerprint density at radius 1 is 1.12 bits per heavy atom. The fourth-order valence-electron chi connectivity index (χ4n) is 3.80. The molecule has 0 aliphatic carbocycles. The summed E-state index contributed by atoms with van der Waals surface area (Å²) in [6.07, 6.45) is 6.35. The number of aromatic amines is 1. The maximum atomic E-state index is 12.5. The van der Waals surface area contributed by atoms with Crippen molar-refractivity contribution >= 4 is 5.91 Å². The Kier molecular flexibility index (Phi) is 4.14. The van der Waals surface area contributed by atoms with Crippen LogP contribution in [-0.4, -0.2) is 53.4 Å². The van der Waals surface area contributed by atoms with Gasteiger partial charge >= 0.3 is 5.69 Å². The monoisotopic (exact) mass is 345 g/mol. The molecule has 1 amide bonds. The van der Waals surface area contributed by atoms with Gasteiger partial charge in [-0.05, 0) is 25.7 Å². The molecule has 2 aliphatic heterocycles. The summed E-state index contributed by atoms with van der Waals surface area (Å²) >= 11 is 0. The fourth-order valence-corrected chi connectivity index (χ4v) is 3.80. The maximum absolute atomic E-state index is 12.5. The lowest BCUT2D eigenvalue weighted by molar-refractivity contribution is 0.0697. The topological polar surface area (TPSA) is 102 Å². The van der Waals surface area contributed by atoms with E-state index in [0.717, 1.165) is 42.1 Å². The van der Waals surface area contributed by atoms with Gasteiger partial charge in [0.15, 0.2) is 0 Å². The van der Waals surface area contributed by atoms with Crippen molar-refractivity contribution in [3.8, 4) is 0 Å². The van der Waals surface area contributed by atoms with Crippen molar-refractivity contribution in [3.05, 3.63) is 28.0 Å². The van der Waals surface area contributed by atoms with Crippen molar-refractivity contribution in [2.75, 3.05) is 13.1 Å². The molecule has 2 aromatic heterocycles. The molecule has 1 N–H and O–H groups in total. The minimum Gasteiger partial charge on any atom is -0.336 e. The van der Waals surface area contributed by atoms with E-state index in [0.29, 0.717) is 19.0 Å². The van der Waals surface area contributed by atoms with E-state index >= 15 is 0 Å². The Hall–Kier alpha value is -2.45. The number of aromatic nitrogens is 6. The summed E-state index contributed by atoms with van der Waals surface area (Å²) in [6, 6.07) is 0. The lowest BCUT2D eigenvalue weighted by Gasteiger charge is -2.31. The third kappa shape index (κ3) is 2.98. The summed E-state index contributed by atoms with van der Waals surface area (Å²) in [4.78, 5) is 28.2. The first kappa shape index (κ1) is 16.0. The van der Waals surface area contributed by atoms with Crippen molar-refractivity contribution in [2.24, 2.45) is 7.05 Å². The summed E-state index contributed by atoms with van der Waals surface area (Å²) in [7, 11) is 1.53. The highest BCUT2D eigenvalue weighted by Crippen LogP contribution is 2.29. The van der Waals surface area contributed by atoms with Crippen LogP contribution in [0.15, 0.2) is 4.79 Å². The van der Waals surface area contributed by atoms with Gasteiger partial charge in [0.05, 0.1) is 0 Å². The third-order valence-corrected chi connectivity index (χ3v) is 5.26. The number of H-pyrrole nitrogens is 1. The molecule has 0 unspecified atom stereocenters. The molecule has 4 heterocycles. The van der Waals surface area contributed by atoms with Gasteiger partial charge in [-0.3, -0.25) is 9.78 Å². The number of piperidine rings is 1. The molecule has 1 fully saturated rings. The van der Waals surface area contributed by atoms with Crippen LogP contribution in [0.25, 0.3) is 0 Å². The predicted molar refractivity (Wildman–Crippen MR) is 89.3 cm³/mol. The van der Waals surface area contributed by atoms with Gasteiger partial charge in [-0.15, -0.1) is 15.3 Å². The zero-order valence-electron chi connectivity index (χ0n) is 14.4. The number of nitrogens with zero attached hydrogens (tertiary/aromatic N) is 6. The Bertz CT molecular complexity index is 826. The smallest absolute Gasteiger partial charge is 0.336 e. The largest absolute Gasteiger partial charge is 0.343 e. The molecule has 0 bridgehead atoms. The highest BCUT2D eigenvalue weighted by molar-refractivity contribution is 5.90. The van der Waals surface area contributed by atoms with Crippen LogP contribution in [0, 0.1) is 0 Å². The van der Waals surface area contributed by atoms with E-state index in [1.165, 1.54) is 26.3 Å². The summed E-state index contributed by atoms with van der Waals surface area (Å²) in [6.45, 7) is 2.29. The van der Waals surface area contributed by atoms with Crippen molar-refractivity contribution in [1.82, 2.24) is 34.4 Å². The van der Waals surface area contributed by atoms with Crippen LogP contribution in [0.4, 0.5) is 0 Å². The average molecular weight is 345 g/mol. The quantitative estimate of drug-likeness (QED) is 0.851. The number of carbonyl (C=O) groups excluding carboxylic acids is 1. The van der Waals surface area contributed by atoms with Gasteiger partial charge < -0.3 is 9.47 Å². The number of carbonyl (C=O) groups is 1. The maximum Gasteiger partial charge on any atom is 0.343 e. The summed E-state index contributed by atoms with van der Waals surface area (Å²) in [5, 5.41) is 12.8.